The van der Waals surface area contributed by atoms with Crippen molar-refractivity contribution in [2.45, 2.75) is 45.8 Å². The molecule has 0 bridgehead atoms. The lowest BCUT2D eigenvalue weighted by Crippen LogP contribution is -2.41. The van der Waals surface area contributed by atoms with Crippen LogP contribution in [0.4, 0.5) is 0 Å². The predicted octanol–water partition coefficient (Wildman–Crippen LogP) is 7.24. The quantitative estimate of drug-likeness (QED) is 0.226. The Morgan fingerprint density at radius 3 is 2.14 bits per heavy atom. The van der Waals surface area contributed by atoms with Crippen LogP contribution in [0.5, 0.6) is 0 Å². The Balaban J connectivity index is 1.41. The zero-order chi connectivity index (χ0) is 25.5. The Kier molecular flexibility index (Phi) is 6.19. The van der Waals surface area contributed by atoms with Gasteiger partial charge in [-0.3, -0.25) is 0 Å². The van der Waals surface area contributed by atoms with E-state index in [0.717, 1.165) is 49.9 Å². The molecule has 1 aromatic heterocycles. The number of hydrogen-bond donors (Lipinski definition) is 0. The highest BCUT2D eigenvalue weighted by molar-refractivity contribution is 6.62. The number of aromatic nitrogens is 1. The van der Waals surface area contributed by atoms with Crippen LogP contribution in [0, 0.1) is 6.92 Å². The van der Waals surface area contributed by atoms with E-state index in [1.54, 1.807) is 0 Å². The van der Waals surface area contributed by atoms with E-state index in [1.807, 2.05) is 18.2 Å². The molecule has 1 aliphatic heterocycles. The lowest BCUT2D eigenvalue weighted by atomic mass is 9.79. The van der Waals surface area contributed by atoms with Crippen molar-refractivity contribution in [2.24, 2.45) is 0 Å². The van der Waals surface area contributed by atoms with Crippen molar-refractivity contribution in [3.63, 3.8) is 0 Å². The van der Waals surface area contributed by atoms with Crippen molar-refractivity contribution in [3.8, 4) is 11.3 Å². The van der Waals surface area contributed by atoms with Gasteiger partial charge >= 0.3 is 7.12 Å². The molecule has 0 radical (unpaired) electrons. The standard InChI is InChI=1S/C32H32BNO2/c1-22(24-10-8-7-9-11-24)12-13-25-14-15-27-18-21-29(34-30(27)23(25)2)26-16-19-28(20-17-26)33-35-31(3,4)32(5,6)36-33/h7-21H,1H2,2-6H3/b13-12-. The average molecular weight is 473 g/mol. The first-order valence-corrected chi connectivity index (χ1v) is 12.4. The molecule has 4 heteroatoms. The summed E-state index contributed by atoms with van der Waals surface area (Å²) in [7, 11) is -0.365. The summed E-state index contributed by atoms with van der Waals surface area (Å²) in [4.78, 5) is 5.05. The van der Waals surface area contributed by atoms with Crippen molar-refractivity contribution in [1.82, 2.24) is 4.98 Å². The fourth-order valence-electron chi connectivity index (χ4n) is 4.42. The molecule has 1 fully saturated rings. The normalized spacial score (nSPS) is 16.6. The minimum absolute atomic E-state index is 0.354. The van der Waals surface area contributed by atoms with E-state index < -0.39 is 0 Å². The van der Waals surface area contributed by atoms with Crippen molar-refractivity contribution in [3.05, 3.63) is 108 Å². The monoisotopic (exact) mass is 473 g/mol. The van der Waals surface area contributed by atoms with Gasteiger partial charge < -0.3 is 9.31 Å². The molecule has 0 aliphatic carbocycles. The van der Waals surface area contributed by atoms with Gasteiger partial charge in [-0.05, 0) is 68.4 Å². The molecule has 3 nitrogen and oxygen atoms in total. The second-order valence-electron chi connectivity index (χ2n) is 10.5. The average Bonchev–Trinajstić information content (AvgIpc) is 3.10. The highest BCUT2D eigenvalue weighted by Gasteiger charge is 2.51. The highest BCUT2D eigenvalue weighted by atomic mass is 16.7. The van der Waals surface area contributed by atoms with Crippen LogP contribution in [0.15, 0.2) is 91.5 Å². The van der Waals surface area contributed by atoms with Gasteiger partial charge in [-0.2, -0.15) is 0 Å². The highest BCUT2D eigenvalue weighted by Crippen LogP contribution is 2.36. The minimum Gasteiger partial charge on any atom is -0.399 e. The molecule has 5 rings (SSSR count). The van der Waals surface area contributed by atoms with Gasteiger partial charge in [0.25, 0.3) is 0 Å². The van der Waals surface area contributed by atoms with Crippen LogP contribution in [-0.4, -0.2) is 23.3 Å². The Morgan fingerprint density at radius 1 is 0.833 bits per heavy atom. The number of aryl methyl sites for hydroxylation is 1. The van der Waals surface area contributed by atoms with Crippen molar-refractivity contribution in [2.75, 3.05) is 0 Å². The van der Waals surface area contributed by atoms with Crippen molar-refractivity contribution in [1.29, 1.82) is 0 Å². The maximum absolute atomic E-state index is 6.20. The molecular weight excluding hydrogens is 441 g/mol. The fraction of sp³-hybridized carbons (Fsp3) is 0.219. The summed E-state index contributed by atoms with van der Waals surface area (Å²) >= 11 is 0. The lowest BCUT2D eigenvalue weighted by molar-refractivity contribution is 0.00578. The molecule has 3 aromatic carbocycles. The van der Waals surface area contributed by atoms with Crippen molar-refractivity contribution >= 4 is 35.1 Å². The smallest absolute Gasteiger partial charge is 0.399 e. The third-order valence-electron chi connectivity index (χ3n) is 7.50. The van der Waals surface area contributed by atoms with E-state index in [1.165, 1.54) is 0 Å². The van der Waals surface area contributed by atoms with Gasteiger partial charge in [0.15, 0.2) is 0 Å². The first-order chi connectivity index (χ1) is 17.1. The Labute approximate surface area is 214 Å². The SMILES string of the molecule is C=C(/C=C\c1ccc2ccc(-c3ccc(B4OC(C)(C)C(C)(C)O4)cc3)nc2c1C)c1ccccc1. The summed E-state index contributed by atoms with van der Waals surface area (Å²) < 4.78 is 12.4. The molecule has 0 amide bonds. The molecule has 0 unspecified atom stereocenters. The Morgan fingerprint density at radius 2 is 1.47 bits per heavy atom. The fourth-order valence-corrected chi connectivity index (χ4v) is 4.42. The number of nitrogens with zero attached hydrogens (tertiary/aromatic N) is 1. The molecule has 1 saturated heterocycles. The molecule has 2 heterocycles. The molecule has 4 aromatic rings. The summed E-state index contributed by atoms with van der Waals surface area (Å²) in [6.45, 7) is 14.6. The number of fused-ring (bicyclic) bond motifs is 1. The lowest BCUT2D eigenvalue weighted by Gasteiger charge is -2.32. The Hall–Kier alpha value is -3.47. The third-order valence-corrected chi connectivity index (χ3v) is 7.50. The summed E-state index contributed by atoms with van der Waals surface area (Å²) in [5, 5.41) is 1.13. The molecule has 0 atom stereocenters. The molecular formula is C32H32BNO2. The maximum atomic E-state index is 6.20. The molecule has 180 valence electrons. The number of pyridine rings is 1. The third kappa shape index (κ3) is 4.55. The number of rotatable bonds is 5. The largest absolute Gasteiger partial charge is 0.494 e. The van der Waals surface area contributed by atoms with Gasteiger partial charge in [0.05, 0.1) is 22.4 Å². The van der Waals surface area contributed by atoms with Gasteiger partial charge in [-0.15, -0.1) is 0 Å². The molecule has 0 saturated carbocycles. The molecule has 0 spiro atoms. The van der Waals surface area contributed by atoms with E-state index in [2.05, 4.69) is 114 Å². The topological polar surface area (TPSA) is 31.4 Å². The van der Waals surface area contributed by atoms with Gasteiger partial charge in [0.2, 0.25) is 0 Å². The first kappa shape index (κ1) is 24.2. The van der Waals surface area contributed by atoms with Crippen molar-refractivity contribution < 1.29 is 9.31 Å². The first-order valence-electron chi connectivity index (χ1n) is 12.4. The van der Waals surface area contributed by atoms with Crippen LogP contribution >= 0.6 is 0 Å². The molecule has 1 aliphatic rings. The number of benzene rings is 3. The Bertz CT molecular complexity index is 1440. The zero-order valence-corrected chi connectivity index (χ0v) is 21.7. The van der Waals surface area contributed by atoms with E-state index in [0.29, 0.717) is 0 Å². The summed E-state index contributed by atoms with van der Waals surface area (Å²) in [6.07, 6.45) is 4.19. The molecule has 36 heavy (non-hydrogen) atoms. The second-order valence-corrected chi connectivity index (χ2v) is 10.5. The van der Waals surface area contributed by atoms with Gasteiger partial charge in [0.1, 0.15) is 0 Å². The van der Waals surface area contributed by atoms with Crippen LogP contribution < -0.4 is 5.46 Å². The summed E-state index contributed by atoms with van der Waals surface area (Å²) in [6, 6.07) is 27.1. The predicted molar refractivity (Wildman–Crippen MR) is 152 cm³/mol. The second kappa shape index (κ2) is 9.20. The van der Waals surface area contributed by atoms with Crippen LogP contribution in [0.3, 0.4) is 0 Å². The van der Waals surface area contributed by atoms with E-state index in [9.17, 15) is 0 Å². The van der Waals surface area contributed by atoms with Crippen LogP contribution in [0.1, 0.15) is 44.4 Å². The number of hydrogen-bond acceptors (Lipinski definition) is 3. The number of allylic oxidation sites excluding steroid dienone is 2. The molecule has 0 N–H and O–H groups in total. The minimum atomic E-state index is -0.365. The van der Waals surface area contributed by atoms with E-state index in [-0.39, 0.29) is 18.3 Å². The van der Waals surface area contributed by atoms with E-state index >= 15 is 0 Å². The summed E-state index contributed by atoms with van der Waals surface area (Å²) in [5.41, 5.74) is 7.73. The maximum Gasteiger partial charge on any atom is 0.494 e. The van der Waals surface area contributed by atoms with E-state index in [4.69, 9.17) is 14.3 Å². The van der Waals surface area contributed by atoms with Crippen LogP contribution in [0.2, 0.25) is 0 Å². The van der Waals surface area contributed by atoms with Gasteiger partial charge in [-0.25, -0.2) is 4.98 Å². The zero-order valence-electron chi connectivity index (χ0n) is 21.7. The van der Waals surface area contributed by atoms with Crippen LogP contribution in [-0.2, 0) is 9.31 Å². The van der Waals surface area contributed by atoms with Gasteiger partial charge in [0, 0.05) is 10.9 Å². The van der Waals surface area contributed by atoms with Gasteiger partial charge in [-0.1, -0.05) is 91.5 Å². The summed E-state index contributed by atoms with van der Waals surface area (Å²) in [5.74, 6) is 0. The van der Waals surface area contributed by atoms with Crippen LogP contribution in [0.25, 0.3) is 33.8 Å².